The Morgan fingerprint density at radius 3 is 1.60 bits per heavy atom. The van der Waals surface area contributed by atoms with Gasteiger partial charge >= 0.3 is 56.9 Å². The van der Waals surface area contributed by atoms with Crippen LogP contribution in [0.4, 0.5) is 0 Å². The zero-order chi connectivity index (χ0) is 4.71. The maximum atomic E-state index is 4.67. The van der Waals surface area contributed by atoms with E-state index in [4.69, 9.17) is 0 Å². The van der Waals surface area contributed by atoms with Gasteiger partial charge in [0.2, 0.25) is 0 Å². The Labute approximate surface area is 56.7 Å². The second-order valence-electron chi connectivity index (χ2n) is 0.144. The Kier molecular flexibility index (Phi) is 34.9. The Bertz CT molecular complexity index is 15.1. The molecule has 35 valence electrons. The van der Waals surface area contributed by atoms with Crippen molar-refractivity contribution in [1.82, 2.24) is 0 Å². The van der Waals surface area contributed by atoms with Crippen LogP contribution in [0.5, 0.6) is 0 Å². The van der Waals surface area contributed by atoms with Crippen molar-refractivity contribution in [2.45, 2.75) is 0 Å². The number of rotatable bonds is 0. The van der Waals surface area contributed by atoms with Crippen LogP contribution in [0.15, 0.2) is 0 Å². The zero-order valence-electron chi connectivity index (χ0n) is 2.37. The fraction of sp³-hybridized carbons (Fsp3) is 0. The van der Waals surface area contributed by atoms with E-state index in [2.05, 4.69) is 16.6 Å². The minimum absolute atomic E-state index is 1.33. The average Bonchev–Trinajstić information content (AvgIpc) is 1.46. The number of halogens is 1. The molecule has 0 heterocycles. The zero-order valence-corrected chi connectivity index (χ0v) is 8.21. The molecule has 0 saturated heterocycles. The Balaban J connectivity index is 0. The Hall–Kier alpha value is 1.43. The first-order valence-corrected chi connectivity index (χ1v) is 5.36. The fourth-order valence-electron chi connectivity index (χ4n) is 0. The summed E-state index contributed by atoms with van der Waals surface area (Å²) in [6.45, 7) is 3.37. The molecule has 0 unspecified atom stereocenters. The molecule has 0 radical (unpaired) electrons. The van der Waals surface area contributed by atoms with Gasteiger partial charge in [0.15, 0.2) is 0 Å². The van der Waals surface area contributed by atoms with Gasteiger partial charge in [-0.3, -0.25) is 0 Å². The van der Waals surface area contributed by atoms with Gasteiger partial charge in [-0.05, 0) is 0 Å². The van der Waals surface area contributed by atoms with Crippen molar-refractivity contribution < 1.29 is 35.7 Å². The van der Waals surface area contributed by atoms with Gasteiger partial charge in [0.05, 0.1) is 0 Å². The van der Waals surface area contributed by atoms with Crippen LogP contribution in [-0.2, 0) is 35.7 Å². The van der Waals surface area contributed by atoms with Gasteiger partial charge in [-0.2, -0.15) is 0 Å². The maximum absolute atomic E-state index is 4.67. The molecule has 0 spiro atoms. The average molecular weight is 443 g/mol. The van der Waals surface area contributed by atoms with Crippen LogP contribution in [0, 0.1) is 6.92 Å². The van der Waals surface area contributed by atoms with E-state index in [1.165, 1.54) is 17.6 Å². The van der Waals surface area contributed by atoms with Crippen LogP contribution >= 0.6 is 9.64 Å². The summed E-state index contributed by atoms with van der Waals surface area (Å²) in [4.78, 5) is 0. The van der Waals surface area contributed by atoms with E-state index in [0.29, 0.717) is 0 Å². The van der Waals surface area contributed by atoms with E-state index in [0.717, 1.165) is 0 Å². The molecule has 5 heavy (non-hydrogen) atoms. The van der Waals surface area contributed by atoms with Gasteiger partial charge < -0.3 is 0 Å². The van der Waals surface area contributed by atoms with E-state index in [1.807, 2.05) is 0 Å². The van der Waals surface area contributed by atoms with Crippen molar-refractivity contribution >= 4 is 14.2 Å². The summed E-state index contributed by atoms with van der Waals surface area (Å²) in [5.74, 6) is 0. The van der Waals surface area contributed by atoms with Gasteiger partial charge in [-0.1, -0.05) is 0 Å². The normalized spacial score (nSPS) is 4.00. The molecule has 0 atom stereocenters. The van der Waals surface area contributed by atoms with Crippen LogP contribution < -0.4 is 0 Å². The fourth-order valence-corrected chi connectivity index (χ4v) is 0. The SMILES string of the molecule is [CH2-][CH]=[Os].[Cl][Os]. The van der Waals surface area contributed by atoms with Crippen LogP contribution in [-0.4, -0.2) is 4.57 Å². The summed E-state index contributed by atoms with van der Waals surface area (Å²) < 4.78 is 1.78. The van der Waals surface area contributed by atoms with Gasteiger partial charge in [0, 0.05) is 0 Å². The molecule has 0 aromatic heterocycles. The first-order valence-electron chi connectivity index (χ1n) is 0.746. The molecule has 0 aliphatic carbocycles. The van der Waals surface area contributed by atoms with Gasteiger partial charge in [0.25, 0.3) is 0 Å². The summed E-state index contributed by atoms with van der Waals surface area (Å²) in [5, 5.41) is 0. The molecule has 0 aromatic carbocycles. The van der Waals surface area contributed by atoms with Crippen molar-refractivity contribution in [2.24, 2.45) is 0 Å². The van der Waals surface area contributed by atoms with Crippen LogP contribution in [0.2, 0.25) is 0 Å². The van der Waals surface area contributed by atoms with E-state index < -0.39 is 0 Å². The molecule has 3 heteroatoms. The first-order chi connectivity index (χ1) is 2.41. The standard InChI is InChI=1S/C2H3.ClH.2Os/c1-2;;;/h1H,2H2;1H;;/q-1;;;+1/p-1. The van der Waals surface area contributed by atoms with Crippen molar-refractivity contribution in [3.63, 3.8) is 0 Å². The molecule has 0 rings (SSSR count). The van der Waals surface area contributed by atoms with Crippen molar-refractivity contribution in [3.8, 4) is 0 Å². The molecule has 0 fully saturated rings. The third-order valence-corrected chi connectivity index (χ3v) is 0. The Morgan fingerprint density at radius 2 is 1.60 bits per heavy atom. The first kappa shape index (κ1) is 9.66. The number of hydrogen-bond acceptors (Lipinski definition) is 0. The summed E-state index contributed by atoms with van der Waals surface area (Å²) in [5.41, 5.74) is 0. The van der Waals surface area contributed by atoms with Gasteiger partial charge in [-0.25, -0.2) is 0 Å². The van der Waals surface area contributed by atoms with Crippen molar-refractivity contribution in [2.75, 3.05) is 0 Å². The third kappa shape index (κ3) is 31.2. The summed E-state index contributed by atoms with van der Waals surface area (Å²) in [7, 11) is 4.67. The van der Waals surface area contributed by atoms with Crippen molar-refractivity contribution in [3.05, 3.63) is 6.92 Å². The molecule has 0 aromatic rings. The predicted molar refractivity (Wildman–Crippen MR) is 17.3 cm³/mol. The molecular weight excluding hydrogens is 440 g/mol. The molecule has 0 saturated carbocycles. The predicted octanol–water partition coefficient (Wildman–Crippen LogP) is 0.856. The number of hydrogen-bond donors (Lipinski definition) is 0. The topological polar surface area (TPSA) is 0 Å². The molecular formula is C2H3ClOs2-. The van der Waals surface area contributed by atoms with Crippen LogP contribution in [0.25, 0.3) is 0 Å². The Morgan fingerprint density at radius 1 is 1.60 bits per heavy atom. The second kappa shape index (κ2) is 18.0. The monoisotopic (exact) mass is 446 g/mol. The molecule has 0 amide bonds. The van der Waals surface area contributed by atoms with Crippen LogP contribution in [0.3, 0.4) is 0 Å². The molecule has 0 bridgehead atoms. The van der Waals surface area contributed by atoms with E-state index in [1.54, 1.807) is 22.7 Å². The van der Waals surface area contributed by atoms with Crippen molar-refractivity contribution in [1.29, 1.82) is 0 Å². The van der Waals surface area contributed by atoms with Gasteiger partial charge in [0.1, 0.15) is 0 Å². The van der Waals surface area contributed by atoms with Gasteiger partial charge in [-0.15, -0.1) is 0 Å². The van der Waals surface area contributed by atoms with Crippen LogP contribution in [0.1, 0.15) is 0 Å². The summed E-state index contributed by atoms with van der Waals surface area (Å²) in [6, 6.07) is 0. The van der Waals surface area contributed by atoms with E-state index >= 15 is 0 Å². The molecule has 0 aliphatic heterocycles. The minimum atomic E-state index is 1.33. The van der Waals surface area contributed by atoms with E-state index in [-0.39, 0.29) is 0 Å². The quantitative estimate of drug-likeness (QED) is 0.488. The molecule has 0 N–H and O–H groups in total. The third-order valence-electron chi connectivity index (χ3n) is 0. The van der Waals surface area contributed by atoms with E-state index in [9.17, 15) is 0 Å². The summed E-state index contributed by atoms with van der Waals surface area (Å²) >= 11 is 3.07. The molecule has 0 nitrogen and oxygen atoms in total. The molecule has 0 aliphatic rings. The second-order valence-corrected chi connectivity index (χ2v) is 1.18. The summed E-state index contributed by atoms with van der Waals surface area (Å²) in [6.07, 6.45) is 0.